The first-order valence-electron chi connectivity index (χ1n) is 12.3. The molecule has 0 bridgehead atoms. The van der Waals surface area contributed by atoms with E-state index in [0.29, 0.717) is 24.1 Å². The fourth-order valence-electron chi connectivity index (χ4n) is 7.44. The average Bonchev–Trinajstić information content (AvgIpc) is 3.40. The number of nitrogens with zero attached hydrogens (tertiary/aromatic N) is 1. The van der Waals surface area contributed by atoms with Crippen LogP contribution in [0.3, 0.4) is 0 Å². The van der Waals surface area contributed by atoms with Crippen LogP contribution >= 0.6 is 0 Å². The van der Waals surface area contributed by atoms with Gasteiger partial charge in [-0.3, -0.25) is 4.79 Å². The van der Waals surface area contributed by atoms with Crippen LogP contribution in [0.1, 0.15) is 71.0 Å². The number of hydrogen-bond acceptors (Lipinski definition) is 5. The Kier molecular flexibility index (Phi) is 5.68. The van der Waals surface area contributed by atoms with E-state index < -0.39 is 0 Å². The second-order valence-electron chi connectivity index (χ2n) is 10.9. The zero-order chi connectivity index (χ0) is 22.3. The standard InChI is InChI=1S/C26H36N2O4/c1-25-11-9-18(28-32-16-24(30)27-15-19-4-3-13-31-19)14-17(25)5-6-20-21-7-8-23(29)26(21,2)12-10-22(20)25/h3-4,13-14,20-23,29H,5-12,15-16H2,1-2H3,(H,27,30)/t20-,21-,22+,23+,25-,26-/m0/s1. The third-order valence-corrected chi connectivity index (χ3v) is 9.34. The van der Waals surface area contributed by atoms with Gasteiger partial charge in [-0.05, 0) is 98.2 Å². The van der Waals surface area contributed by atoms with Crippen LogP contribution in [0.25, 0.3) is 0 Å². The number of amides is 1. The highest BCUT2D eigenvalue weighted by atomic mass is 16.6. The number of allylic oxidation sites excluding steroid dienone is 2. The summed E-state index contributed by atoms with van der Waals surface area (Å²) in [5.41, 5.74) is 2.83. The molecule has 2 N–H and O–H groups in total. The summed E-state index contributed by atoms with van der Waals surface area (Å²) in [6.45, 7) is 5.07. The normalized spacial score (nSPS) is 39.6. The molecule has 0 aliphatic heterocycles. The van der Waals surface area contributed by atoms with Crippen LogP contribution < -0.4 is 5.32 Å². The first kappa shape index (κ1) is 21.7. The van der Waals surface area contributed by atoms with Crippen molar-refractivity contribution in [3.63, 3.8) is 0 Å². The Morgan fingerprint density at radius 2 is 2.09 bits per heavy atom. The molecule has 1 heterocycles. The van der Waals surface area contributed by atoms with Crippen LogP contribution in [-0.4, -0.2) is 29.4 Å². The smallest absolute Gasteiger partial charge is 0.261 e. The van der Waals surface area contributed by atoms with E-state index in [1.54, 1.807) is 12.3 Å². The van der Waals surface area contributed by atoms with Gasteiger partial charge in [-0.2, -0.15) is 0 Å². The largest absolute Gasteiger partial charge is 0.467 e. The summed E-state index contributed by atoms with van der Waals surface area (Å²) in [6, 6.07) is 3.62. The molecule has 174 valence electrons. The molecule has 0 aromatic carbocycles. The summed E-state index contributed by atoms with van der Waals surface area (Å²) in [5.74, 6) is 2.63. The van der Waals surface area contributed by atoms with Crippen LogP contribution in [0.15, 0.2) is 39.6 Å². The molecule has 1 aromatic rings. The molecule has 32 heavy (non-hydrogen) atoms. The minimum atomic E-state index is -0.205. The molecule has 3 fully saturated rings. The summed E-state index contributed by atoms with van der Waals surface area (Å²) in [4.78, 5) is 17.4. The Labute approximate surface area is 190 Å². The Balaban J connectivity index is 1.20. The highest BCUT2D eigenvalue weighted by Crippen LogP contribution is 2.65. The van der Waals surface area contributed by atoms with E-state index in [1.165, 1.54) is 24.8 Å². The van der Waals surface area contributed by atoms with Crippen molar-refractivity contribution in [2.75, 3.05) is 6.61 Å². The zero-order valence-corrected chi connectivity index (χ0v) is 19.3. The predicted molar refractivity (Wildman–Crippen MR) is 122 cm³/mol. The van der Waals surface area contributed by atoms with Crippen molar-refractivity contribution in [3.05, 3.63) is 35.8 Å². The predicted octanol–water partition coefficient (Wildman–Crippen LogP) is 4.59. The monoisotopic (exact) mass is 440 g/mol. The maximum atomic E-state index is 12.0. The van der Waals surface area contributed by atoms with E-state index in [0.717, 1.165) is 43.7 Å². The Hall–Kier alpha value is -2.08. The Bertz CT molecular complexity index is 907. The van der Waals surface area contributed by atoms with Crippen LogP contribution in [0, 0.1) is 28.6 Å². The summed E-state index contributed by atoms with van der Waals surface area (Å²) in [6.07, 6.45) is 12.6. The maximum absolute atomic E-state index is 12.0. The Morgan fingerprint density at radius 3 is 2.91 bits per heavy atom. The Morgan fingerprint density at radius 1 is 1.22 bits per heavy atom. The van der Waals surface area contributed by atoms with E-state index in [4.69, 9.17) is 9.25 Å². The van der Waals surface area contributed by atoms with Gasteiger partial charge in [0.25, 0.3) is 5.91 Å². The van der Waals surface area contributed by atoms with Crippen LogP contribution in [0.4, 0.5) is 0 Å². The molecule has 0 spiro atoms. The van der Waals surface area contributed by atoms with Gasteiger partial charge < -0.3 is 19.7 Å². The highest BCUT2D eigenvalue weighted by Gasteiger charge is 2.58. The highest BCUT2D eigenvalue weighted by molar-refractivity contribution is 5.96. The molecular weight excluding hydrogens is 404 g/mol. The number of carbonyl (C=O) groups is 1. The van der Waals surface area contributed by atoms with Gasteiger partial charge in [-0.25, -0.2) is 0 Å². The summed E-state index contributed by atoms with van der Waals surface area (Å²) in [5, 5.41) is 17.7. The van der Waals surface area contributed by atoms with Gasteiger partial charge in [0.05, 0.1) is 24.6 Å². The lowest BCUT2D eigenvalue weighted by Gasteiger charge is -2.57. The van der Waals surface area contributed by atoms with E-state index >= 15 is 0 Å². The molecule has 0 unspecified atom stereocenters. The molecule has 5 rings (SSSR count). The number of aliphatic hydroxyl groups excluding tert-OH is 1. The van der Waals surface area contributed by atoms with Gasteiger partial charge in [0.1, 0.15) is 5.76 Å². The maximum Gasteiger partial charge on any atom is 0.261 e. The summed E-state index contributed by atoms with van der Waals surface area (Å²) in [7, 11) is 0. The second-order valence-corrected chi connectivity index (χ2v) is 10.9. The molecule has 4 aliphatic carbocycles. The van der Waals surface area contributed by atoms with Crippen molar-refractivity contribution in [1.82, 2.24) is 5.32 Å². The van der Waals surface area contributed by atoms with Gasteiger partial charge >= 0.3 is 0 Å². The fraction of sp³-hybridized carbons (Fsp3) is 0.692. The number of carbonyl (C=O) groups excluding carboxylic acids is 1. The number of hydrogen-bond donors (Lipinski definition) is 2. The van der Waals surface area contributed by atoms with Crippen molar-refractivity contribution in [1.29, 1.82) is 0 Å². The van der Waals surface area contributed by atoms with Gasteiger partial charge in [-0.1, -0.05) is 24.6 Å². The zero-order valence-electron chi connectivity index (χ0n) is 19.3. The number of fused-ring (bicyclic) bond motifs is 5. The molecule has 0 saturated heterocycles. The van der Waals surface area contributed by atoms with Gasteiger partial charge in [-0.15, -0.1) is 0 Å². The molecule has 1 aromatic heterocycles. The van der Waals surface area contributed by atoms with Crippen molar-refractivity contribution >= 4 is 11.6 Å². The number of aliphatic hydroxyl groups is 1. The lowest BCUT2D eigenvalue weighted by Crippen LogP contribution is -2.51. The second kappa shape index (κ2) is 8.36. The fourth-order valence-corrected chi connectivity index (χ4v) is 7.44. The molecule has 4 aliphatic rings. The van der Waals surface area contributed by atoms with E-state index in [2.05, 4.69) is 30.4 Å². The lowest BCUT2D eigenvalue weighted by atomic mass is 9.47. The number of nitrogens with one attached hydrogen (secondary N) is 1. The van der Waals surface area contributed by atoms with Crippen molar-refractivity contribution in [3.8, 4) is 0 Å². The van der Waals surface area contributed by atoms with Crippen molar-refractivity contribution < 1.29 is 19.2 Å². The van der Waals surface area contributed by atoms with Crippen molar-refractivity contribution in [2.45, 2.75) is 77.9 Å². The van der Waals surface area contributed by atoms with Crippen LogP contribution in [0.5, 0.6) is 0 Å². The molecule has 3 saturated carbocycles. The van der Waals surface area contributed by atoms with Crippen LogP contribution in [-0.2, 0) is 16.2 Å². The van der Waals surface area contributed by atoms with Gasteiger partial charge in [0.15, 0.2) is 6.61 Å². The van der Waals surface area contributed by atoms with E-state index in [9.17, 15) is 9.90 Å². The van der Waals surface area contributed by atoms with Crippen molar-refractivity contribution in [2.24, 2.45) is 33.7 Å². The molecular formula is C26H36N2O4. The number of rotatable bonds is 5. The summed E-state index contributed by atoms with van der Waals surface area (Å²) >= 11 is 0. The average molecular weight is 441 g/mol. The number of furan rings is 1. The van der Waals surface area contributed by atoms with Gasteiger partial charge in [0.2, 0.25) is 0 Å². The van der Waals surface area contributed by atoms with E-state index in [1.807, 2.05) is 6.07 Å². The molecule has 6 heteroatoms. The first-order valence-corrected chi connectivity index (χ1v) is 12.3. The minimum absolute atomic E-state index is 0.0854. The quantitative estimate of drug-likeness (QED) is 0.656. The first-order chi connectivity index (χ1) is 15.4. The summed E-state index contributed by atoms with van der Waals surface area (Å²) < 4.78 is 5.21. The van der Waals surface area contributed by atoms with Gasteiger partial charge in [0, 0.05) is 0 Å². The lowest BCUT2D eigenvalue weighted by molar-refractivity contribution is -0.125. The molecule has 6 atom stereocenters. The molecule has 1 amide bonds. The molecule has 6 nitrogen and oxygen atoms in total. The SMILES string of the molecule is C[C@]12CC[C@@H]3[C@@H](CCC4=CC(=NOCC(=O)NCc5ccco5)CC[C@@]43C)[C@@H]1CC[C@H]2O. The van der Waals surface area contributed by atoms with Crippen LogP contribution in [0.2, 0.25) is 0 Å². The van der Waals surface area contributed by atoms with E-state index in [-0.39, 0.29) is 29.4 Å². The molecule has 0 radical (unpaired) electrons. The third kappa shape index (κ3) is 3.70. The topological polar surface area (TPSA) is 84.1 Å². The minimum Gasteiger partial charge on any atom is -0.467 e. The third-order valence-electron chi connectivity index (χ3n) is 9.34. The number of oxime groups is 1.